The molecule has 0 aliphatic rings. The van der Waals surface area contributed by atoms with Crippen LogP contribution in [0.5, 0.6) is 0 Å². The molecule has 2 aromatic carbocycles. The zero-order valence-corrected chi connectivity index (χ0v) is 18.4. The van der Waals surface area contributed by atoms with Crippen molar-refractivity contribution in [3.8, 4) is 5.82 Å². The smallest absolute Gasteiger partial charge is 0.267 e. The topological polar surface area (TPSA) is 68.1 Å². The van der Waals surface area contributed by atoms with Crippen LogP contribution < -0.4 is 5.56 Å². The first kappa shape index (κ1) is 20.8. The fourth-order valence-corrected chi connectivity index (χ4v) is 4.16. The van der Waals surface area contributed by atoms with Crippen molar-refractivity contribution >= 4 is 28.6 Å². The van der Waals surface area contributed by atoms with Gasteiger partial charge in [-0.3, -0.25) is 9.59 Å². The van der Waals surface area contributed by atoms with E-state index in [9.17, 15) is 9.59 Å². The van der Waals surface area contributed by atoms with Gasteiger partial charge in [0.05, 0.1) is 10.9 Å². The summed E-state index contributed by atoms with van der Waals surface area (Å²) < 4.78 is 1.57. The molecule has 0 aliphatic carbocycles. The predicted molar refractivity (Wildman–Crippen MR) is 124 cm³/mol. The number of aromatic nitrogens is 3. The molecule has 0 radical (unpaired) electrons. The first-order chi connectivity index (χ1) is 14.9. The predicted octanol–water partition coefficient (Wildman–Crippen LogP) is 4.08. The number of pyridine rings is 1. The summed E-state index contributed by atoms with van der Waals surface area (Å²) in [6, 6.07) is 18.6. The van der Waals surface area contributed by atoms with E-state index in [4.69, 9.17) is 4.98 Å². The molecule has 6 nitrogen and oxygen atoms in total. The number of thioether (sulfide) groups is 1. The number of hydrogen-bond acceptors (Lipinski definition) is 5. The third-order valence-electron chi connectivity index (χ3n) is 4.85. The van der Waals surface area contributed by atoms with Crippen LogP contribution in [-0.2, 0) is 5.75 Å². The number of nitrogens with zero attached hydrogens (tertiary/aromatic N) is 4. The van der Waals surface area contributed by atoms with E-state index in [0.29, 0.717) is 33.2 Å². The molecule has 0 fully saturated rings. The molecule has 156 valence electrons. The lowest BCUT2D eigenvalue weighted by molar-refractivity contribution is 0.0827. The Kier molecular flexibility index (Phi) is 5.86. The van der Waals surface area contributed by atoms with Gasteiger partial charge in [0.15, 0.2) is 5.16 Å². The van der Waals surface area contributed by atoms with Gasteiger partial charge in [-0.1, -0.05) is 36.0 Å². The molecule has 0 unspecified atom stereocenters. The van der Waals surface area contributed by atoms with Crippen LogP contribution in [0.2, 0.25) is 0 Å². The average Bonchev–Trinajstić information content (AvgIpc) is 2.77. The maximum absolute atomic E-state index is 13.3. The molecule has 0 bridgehead atoms. The Hall–Kier alpha value is -3.45. The third kappa shape index (κ3) is 4.36. The standard InChI is InChI=1S/C24H22N4O2S/c1-16-12-13-25-21(14-16)28-23(30)19-6-4-5-7-20(19)26-24(28)31-15-17-8-10-18(11-9-17)22(29)27(2)3/h4-14H,15H2,1-3H3. The Labute approximate surface area is 184 Å². The number of aryl methyl sites for hydroxylation is 1. The summed E-state index contributed by atoms with van der Waals surface area (Å²) >= 11 is 1.47. The molecule has 0 saturated carbocycles. The molecule has 2 heterocycles. The molecule has 0 atom stereocenters. The summed E-state index contributed by atoms with van der Waals surface area (Å²) in [5.41, 5.74) is 3.21. The third-order valence-corrected chi connectivity index (χ3v) is 5.86. The first-order valence-electron chi connectivity index (χ1n) is 9.82. The molecule has 0 saturated heterocycles. The van der Waals surface area contributed by atoms with E-state index in [1.165, 1.54) is 11.8 Å². The normalized spacial score (nSPS) is 10.9. The van der Waals surface area contributed by atoms with Crippen LogP contribution in [0.25, 0.3) is 16.7 Å². The lowest BCUT2D eigenvalue weighted by Gasteiger charge is -2.13. The van der Waals surface area contributed by atoms with Crippen LogP contribution in [0.15, 0.2) is 76.8 Å². The summed E-state index contributed by atoms with van der Waals surface area (Å²) in [7, 11) is 3.46. The molecule has 0 aliphatic heterocycles. The number of carbonyl (C=O) groups is 1. The van der Waals surface area contributed by atoms with E-state index in [1.807, 2.05) is 61.5 Å². The first-order valence-corrected chi connectivity index (χ1v) is 10.8. The van der Waals surface area contributed by atoms with Crippen molar-refractivity contribution in [3.63, 3.8) is 0 Å². The minimum absolute atomic E-state index is 0.0326. The van der Waals surface area contributed by atoms with Crippen LogP contribution >= 0.6 is 11.8 Å². The zero-order valence-electron chi connectivity index (χ0n) is 17.6. The Morgan fingerprint density at radius 3 is 2.52 bits per heavy atom. The molecular formula is C24H22N4O2S. The van der Waals surface area contributed by atoms with Crippen molar-refractivity contribution in [1.82, 2.24) is 19.4 Å². The fraction of sp³-hybridized carbons (Fsp3) is 0.167. The molecule has 4 aromatic rings. The summed E-state index contributed by atoms with van der Waals surface area (Å²) in [4.78, 5) is 36.1. The maximum atomic E-state index is 13.3. The second kappa shape index (κ2) is 8.73. The quantitative estimate of drug-likeness (QED) is 0.352. The van der Waals surface area contributed by atoms with Crippen LogP contribution in [0.3, 0.4) is 0 Å². The second-order valence-electron chi connectivity index (χ2n) is 7.43. The van der Waals surface area contributed by atoms with Crippen molar-refractivity contribution < 1.29 is 4.79 Å². The highest BCUT2D eigenvalue weighted by Crippen LogP contribution is 2.24. The summed E-state index contributed by atoms with van der Waals surface area (Å²) in [5, 5.41) is 1.14. The van der Waals surface area contributed by atoms with E-state index in [1.54, 1.807) is 35.8 Å². The van der Waals surface area contributed by atoms with E-state index in [-0.39, 0.29) is 11.5 Å². The van der Waals surface area contributed by atoms with Crippen LogP contribution in [-0.4, -0.2) is 39.4 Å². The molecule has 4 rings (SSSR count). The number of carbonyl (C=O) groups excluding carboxylic acids is 1. The average molecular weight is 431 g/mol. The molecule has 0 spiro atoms. The Morgan fingerprint density at radius 2 is 1.81 bits per heavy atom. The van der Waals surface area contributed by atoms with E-state index < -0.39 is 0 Å². The number of hydrogen-bond donors (Lipinski definition) is 0. The van der Waals surface area contributed by atoms with E-state index in [2.05, 4.69) is 4.98 Å². The molecule has 2 aromatic heterocycles. The van der Waals surface area contributed by atoms with E-state index >= 15 is 0 Å². The lowest BCUT2D eigenvalue weighted by atomic mass is 10.1. The summed E-state index contributed by atoms with van der Waals surface area (Å²) in [5.74, 6) is 1.12. The molecule has 0 N–H and O–H groups in total. The number of para-hydroxylation sites is 1. The largest absolute Gasteiger partial charge is 0.345 e. The molecular weight excluding hydrogens is 408 g/mol. The van der Waals surface area contributed by atoms with Gasteiger partial charge in [-0.2, -0.15) is 0 Å². The summed E-state index contributed by atoms with van der Waals surface area (Å²) in [6.45, 7) is 1.97. The number of benzene rings is 2. The van der Waals surface area contributed by atoms with Crippen molar-refractivity contribution in [2.75, 3.05) is 14.1 Å². The zero-order chi connectivity index (χ0) is 22.0. The van der Waals surface area contributed by atoms with Gasteiger partial charge in [0.1, 0.15) is 5.82 Å². The highest BCUT2D eigenvalue weighted by Gasteiger charge is 2.15. The van der Waals surface area contributed by atoms with Gasteiger partial charge in [-0.25, -0.2) is 14.5 Å². The van der Waals surface area contributed by atoms with Gasteiger partial charge in [0, 0.05) is 31.6 Å². The lowest BCUT2D eigenvalue weighted by Crippen LogP contribution is -2.22. The van der Waals surface area contributed by atoms with Crippen LogP contribution in [0.4, 0.5) is 0 Å². The fourth-order valence-electron chi connectivity index (χ4n) is 3.20. The van der Waals surface area contributed by atoms with Crippen molar-refractivity contribution in [3.05, 3.63) is 93.9 Å². The molecule has 1 amide bonds. The van der Waals surface area contributed by atoms with E-state index in [0.717, 1.165) is 11.1 Å². The Morgan fingerprint density at radius 1 is 1.06 bits per heavy atom. The van der Waals surface area contributed by atoms with Crippen molar-refractivity contribution in [2.24, 2.45) is 0 Å². The van der Waals surface area contributed by atoms with Gasteiger partial charge >= 0.3 is 0 Å². The maximum Gasteiger partial charge on any atom is 0.267 e. The highest BCUT2D eigenvalue weighted by molar-refractivity contribution is 7.98. The Balaban J connectivity index is 1.71. The van der Waals surface area contributed by atoms with Gasteiger partial charge in [-0.05, 0) is 54.4 Å². The van der Waals surface area contributed by atoms with Crippen LogP contribution in [0.1, 0.15) is 21.5 Å². The SMILES string of the molecule is Cc1ccnc(-n2c(SCc3ccc(C(=O)N(C)C)cc3)nc3ccccc3c2=O)c1. The number of fused-ring (bicyclic) bond motifs is 1. The van der Waals surface area contributed by atoms with Crippen molar-refractivity contribution in [2.45, 2.75) is 17.8 Å². The van der Waals surface area contributed by atoms with Crippen LogP contribution in [0, 0.1) is 6.92 Å². The van der Waals surface area contributed by atoms with Gasteiger partial charge < -0.3 is 4.90 Å². The molecule has 7 heteroatoms. The van der Waals surface area contributed by atoms with Gasteiger partial charge in [-0.15, -0.1) is 0 Å². The summed E-state index contributed by atoms with van der Waals surface area (Å²) in [6.07, 6.45) is 1.70. The second-order valence-corrected chi connectivity index (χ2v) is 8.37. The van der Waals surface area contributed by atoms with Gasteiger partial charge in [0.25, 0.3) is 11.5 Å². The highest BCUT2D eigenvalue weighted by atomic mass is 32.2. The van der Waals surface area contributed by atoms with Gasteiger partial charge in [0.2, 0.25) is 0 Å². The van der Waals surface area contributed by atoms with Crippen molar-refractivity contribution in [1.29, 1.82) is 0 Å². The Bertz CT molecular complexity index is 1310. The number of amides is 1. The minimum atomic E-state index is -0.141. The minimum Gasteiger partial charge on any atom is -0.345 e. The number of rotatable bonds is 5. The molecule has 31 heavy (non-hydrogen) atoms. The monoisotopic (exact) mass is 430 g/mol.